The Hall–Kier alpha value is -3.68. The molecule has 0 radical (unpaired) electrons. The van der Waals surface area contributed by atoms with Gasteiger partial charge in [-0.3, -0.25) is 19.6 Å². The molecule has 3 N–H and O–H groups in total. The third kappa shape index (κ3) is 3.64. The number of pyridine rings is 1. The van der Waals surface area contributed by atoms with Gasteiger partial charge in [0.15, 0.2) is 11.5 Å². The van der Waals surface area contributed by atoms with Gasteiger partial charge in [-0.1, -0.05) is 18.2 Å². The monoisotopic (exact) mass is 366 g/mol. The van der Waals surface area contributed by atoms with Crippen LogP contribution in [-0.2, 0) is 16.1 Å². The van der Waals surface area contributed by atoms with Gasteiger partial charge in [0.1, 0.15) is 6.54 Å². The fourth-order valence-electron chi connectivity index (χ4n) is 2.96. The molecule has 8 heteroatoms. The molecule has 27 heavy (non-hydrogen) atoms. The van der Waals surface area contributed by atoms with Gasteiger partial charge in [0.05, 0.1) is 6.54 Å². The number of aliphatic hydroxyl groups excluding tert-OH is 1. The summed E-state index contributed by atoms with van der Waals surface area (Å²) in [7, 11) is 0. The van der Waals surface area contributed by atoms with E-state index >= 15 is 0 Å². The van der Waals surface area contributed by atoms with Crippen molar-refractivity contribution in [2.75, 3.05) is 6.54 Å². The van der Waals surface area contributed by atoms with Crippen LogP contribution in [0.25, 0.3) is 16.9 Å². The maximum absolute atomic E-state index is 12.4. The van der Waals surface area contributed by atoms with E-state index < -0.39 is 18.4 Å². The van der Waals surface area contributed by atoms with Crippen molar-refractivity contribution in [3.05, 3.63) is 59.5 Å². The number of hydrogen-bond acceptors (Lipinski definition) is 6. The molecule has 1 amide bonds. The van der Waals surface area contributed by atoms with Gasteiger partial charge in [0, 0.05) is 24.2 Å². The number of hydrazone groups is 1. The molecule has 2 heterocycles. The van der Waals surface area contributed by atoms with Crippen LogP contribution in [0.2, 0.25) is 0 Å². The highest BCUT2D eigenvalue weighted by Gasteiger charge is 2.31. The number of carboxylic acid groups (broad SMARTS) is 1. The number of carbonyl (C=O) groups is 2. The van der Waals surface area contributed by atoms with Crippen molar-refractivity contribution in [3.63, 3.8) is 0 Å². The Bertz CT molecular complexity index is 938. The molecule has 1 aromatic heterocycles. The number of aliphatic hydroxyl groups is 1. The van der Waals surface area contributed by atoms with Crippen LogP contribution in [0, 0.1) is 0 Å². The highest BCUT2D eigenvalue weighted by molar-refractivity contribution is 6.01. The van der Waals surface area contributed by atoms with Gasteiger partial charge < -0.3 is 15.5 Å². The first-order valence-corrected chi connectivity index (χ1v) is 8.25. The molecule has 0 spiro atoms. The van der Waals surface area contributed by atoms with E-state index in [1.54, 1.807) is 31.5 Å². The molecule has 0 saturated heterocycles. The third-order valence-electron chi connectivity index (χ3n) is 4.08. The number of carboxylic acids is 1. The van der Waals surface area contributed by atoms with Gasteiger partial charge in [0.2, 0.25) is 0 Å². The van der Waals surface area contributed by atoms with Gasteiger partial charge in [-0.2, -0.15) is 5.10 Å². The molecule has 3 rings (SSSR count). The maximum atomic E-state index is 12.4. The predicted octanol–water partition coefficient (Wildman–Crippen LogP) is 2.00. The lowest BCUT2D eigenvalue weighted by Gasteiger charge is -2.29. The number of benzene rings is 1. The topological polar surface area (TPSA) is 115 Å². The molecule has 0 unspecified atom stereocenters. The average Bonchev–Trinajstić information content (AvgIpc) is 2.67. The molecule has 138 valence electrons. The average molecular weight is 366 g/mol. The molecular weight excluding hydrogens is 348 g/mol. The van der Waals surface area contributed by atoms with Crippen LogP contribution in [0.4, 0.5) is 0 Å². The second kappa shape index (κ2) is 7.69. The first kappa shape index (κ1) is 18.1. The first-order chi connectivity index (χ1) is 13.0. The summed E-state index contributed by atoms with van der Waals surface area (Å²) in [6, 6.07) is 9.14. The summed E-state index contributed by atoms with van der Waals surface area (Å²) in [5.41, 5.74) is 3.04. The second-order valence-corrected chi connectivity index (χ2v) is 5.77. The van der Waals surface area contributed by atoms with E-state index in [-0.39, 0.29) is 18.0 Å². The van der Waals surface area contributed by atoms with Gasteiger partial charge in [-0.25, -0.2) is 0 Å². The van der Waals surface area contributed by atoms with E-state index in [0.29, 0.717) is 5.56 Å². The molecule has 2 aromatic rings. The lowest BCUT2D eigenvalue weighted by molar-refractivity contribution is -0.137. The van der Waals surface area contributed by atoms with E-state index in [0.717, 1.165) is 16.7 Å². The van der Waals surface area contributed by atoms with Gasteiger partial charge >= 0.3 is 5.97 Å². The van der Waals surface area contributed by atoms with Crippen LogP contribution >= 0.6 is 0 Å². The summed E-state index contributed by atoms with van der Waals surface area (Å²) >= 11 is 0. The fourth-order valence-corrected chi connectivity index (χ4v) is 2.96. The zero-order valence-electron chi connectivity index (χ0n) is 14.6. The Morgan fingerprint density at radius 3 is 2.63 bits per heavy atom. The largest absolute Gasteiger partial charge is 0.505 e. The van der Waals surface area contributed by atoms with E-state index in [1.165, 1.54) is 11.2 Å². The standard InChI is InChI=1S/C19H18N4O4/c1-2-22-23-11-15-13(12-6-8-20-9-7-12)4-3-5-14(15)18(26)17(23)19(27)21-10-16(24)25/h2-9,26H,10-11H2,1H3,(H,21,27)(H,24,25)/b22-2-. The number of aliphatic carboxylic acids is 1. The molecule has 0 aliphatic carbocycles. The van der Waals surface area contributed by atoms with Gasteiger partial charge in [0.25, 0.3) is 5.91 Å². The molecule has 1 aliphatic rings. The van der Waals surface area contributed by atoms with Crippen molar-refractivity contribution in [3.8, 4) is 11.1 Å². The van der Waals surface area contributed by atoms with Crippen molar-refractivity contribution in [2.45, 2.75) is 13.5 Å². The fraction of sp³-hybridized carbons (Fsp3) is 0.158. The molecule has 0 atom stereocenters. The van der Waals surface area contributed by atoms with Crippen molar-refractivity contribution >= 4 is 23.9 Å². The normalized spacial score (nSPS) is 13.6. The van der Waals surface area contributed by atoms with Crippen molar-refractivity contribution in [1.29, 1.82) is 0 Å². The minimum atomic E-state index is -1.18. The Balaban J connectivity index is 2.11. The Morgan fingerprint density at radius 1 is 1.26 bits per heavy atom. The second-order valence-electron chi connectivity index (χ2n) is 5.77. The Morgan fingerprint density at radius 2 is 1.96 bits per heavy atom. The van der Waals surface area contributed by atoms with E-state index in [4.69, 9.17) is 5.11 Å². The zero-order chi connectivity index (χ0) is 19.4. The van der Waals surface area contributed by atoms with E-state index in [1.807, 2.05) is 18.2 Å². The summed E-state index contributed by atoms with van der Waals surface area (Å²) in [6.45, 7) is 1.38. The summed E-state index contributed by atoms with van der Waals surface area (Å²) in [5, 5.41) is 27.3. The highest BCUT2D eigenvalue weighted by atomic mass is 16.4. The molecule has 1 aromatic carbocycles. The molecule has 8 nitrogen and oxygen atoms in total. The summed E-state index contributed by atoms with van der Waals surface area (Å²) in [4.78, 5) is 27.2. The lowest BCUT2D eigenvalue weighted by atomic mass is 9.92. The maximum Gasteiger partial charge on any atom is 0.322 e. The highest BCUT2D eigenvalue weighted by Crippen LogP contribution is 2.36. The zero-order valence-corrected chi connectivity index (χ0v) is 14.6. The minimum Gasteiger partial charge on any atom is -0.505 e. The van der Waals surface area contributed by atoms with Crippen LogP contribution < -0.4 is 5.32 Å². The van der Waals surface area contributed by atoms with Crippen LogP contribution in [0.3, 0.4) is 0 Å². The molecule has 0 fully saturated rings. The Kier molecular flexibility index (Phi) is 5.16. The van der Waals surface area contributed by atoms with Gasteiger partial charge in [-0.05, 0) is 35.7 Å². The summed E-state index contributed by atoms with van der Waals surface area (Å²) in [5.74, 6) is -2.13. The third-order valence-corrected chi connectivity index (χ3v) is 4.08. The number of hydrogen-bond donors (Lipinski definition) is 3. The Labute approximate surface area is 155 Å². The van der Waals surface area contributed by atoms with Gasteiger partial charge in [-0.15, -0.1) is 0 Å². The molecular formula is C19H18N4O4. The predicted molar refractivity (Wildman–Crippen MR) is 99.6 cm³/mol. The lowest BCUT2D eigenvalue weighted by Crippen LogP contribution is -2.38. The van der Waals surface area contributed by atoms with Crippen LogP contribution in [-0.4, -0.2) is 44.8 Å². The molecule has 0 saturated carbocycles. The summed E-state index contributed by atoms with van der Waals surface area (Å²) in [6.07, 6.45) is 4.86. The quantitative estimate of drug-likeness (QED) is 0.697. The number of carbonyl (C=O) groups excluding carboxylic acids is 1. The van der Waals surface area contributed by atoms with Crippen LogP contribution in [0.15, 0.2) is 53.5 Å². The number of nitrogens with one attached hydrogen (secondary N) is 1. The number of rotatable bonds is 5. The first-order valence-electron chi connectivity index (χ1n) is 8.25. The smallest absolute Gasteiger partial charge is 0.322 e. The SMILES string of the molecule is C/C=N\N1Cc2c(cccc2-c2ccncc2)C(O)=C1C(=O)NCC(=O)O. The number of aromatic nitrogens is 1. The van der Waals surface area contributed by atoms with Crippen LogP contribution in [0.1, 0.15) is 18.1 Å². The van der Waals surface area contributed by atoms with Crippen molar-refractivity contribution in [1.82, 2.24) is 15.3 Å². The number of nitrogens with zero attached hydrogens (tertiary/aromatic N) is 3. The van der Waals surface area contributed by atoms with Crippen molar-refractivity contribution in [2.24, 2.45) is 5.10 Å². The van der Waals surface area contributed by atoms with E-state index in [2.05, 4.69) is 15.4 Å². The minimum absolute atomic E-state index is 0.0891. The summed E-state index contributed by atoms with van der Waals surface area (Å²) < 4.78 is 0. The molecule has 1 aliphatic heterocycles. The number of fused-ring (bicyclic) bond motifs is 1. The van der Waals surface area contributed by atoms with Crippen LogP contribution in [0.5, 0.6) is 0 Å². The number of amides is 1. The van der Waals surface area contributed by atoms with E-state index in [9.17, 15) is 14.7 Å². The molecule has 0 bridgehead atoms. The van der Waals surface area contributed by atoms with Crippen molar-refractivity contribution < 1.29 is 19.8 Å².